The summed E-state index contributed by atoms with van der Waals surface area (Å²) >= 11 is 0. The van der Waals surface area contributed by atoms with Crippen LogP contribution in [0.15, 0.2) is 47.4 Å². The summed E-state index contributed by atoms with van der Waals surface area (Å²) in [7, 11) is -2.63. The number of aryl methyl sites for hydroxylation is 2. The maximum absolute atomic E-state index is 12.8. The molecule has 1 amide bonds. The number of benzene rings is 2. The van der Waals surface area contributed by atoms with E-state index in [0.29, 0.717) is 23.4 Å². The third kappa shape index (κ3) is 4.28. The topological polar surface area (TPSA) is 119 Å². The van der Waals surface area contributed by atoms with Crippen LogP contribution in [0.3, 0.4) is 0 Å². The van der Waals surface area contributed by atoms with Crippen LogP contribution in [-0.4, -0.2) is 43.5 Å². The zero-order valence-corrected chi connectivity index (χ0v) is 17.6. The first-order chi connectivity index (χ1) is 14.3. The molecule has 3 rings (SSSR count). The summed E-state index contributed by atoms with van der Waals surface area (Å²) in [6.07, 6.45) is 0. The Labute approximate surface area is 174 Å². The number of fused-ring (bicyclic) bond motifs is 1. The predicted octanol–water partition coefficient (Wildman–Crippen LogP) is 2.07. The number of anilines is 1. The number of amides is 1. The molecular formula is C20H22N4O5S. The van der Waals surface area contributed by atoms with Gasteiger partial charge >= 0.3 is 5.97 Å². The minimum atomic E-state index is -3.85. The summed E-state index contributed by atoms with van der Waals surface area (Å²) in [5.74, 6) is -0.459. The van der Waals surface area contributed by atoms with Crippen LogP contribution in [0.1, 0.15) is 23.1 Å². The van der Waals surface area contributed by atoms with E-state index in [-0.39, 0.29) is 22.7 Å². The zero-order valence-electron chi connectivity index (χ0n) is 16.8. The summed E-state index contributed by atoms with van der Waals surface area (Å²) in [4.78, 5) is 28.8. The van der Waals surface area contributed by atoms with Crippen LogP contribution in [0.2, 0.25) is 0 Å². The minimum Gasteiger partial charge on any atom is -0.468 e. The predicted molar refractivity (Wildman–Crippen MR) is 112 cm³/mol. The molecule has 1 heterocycles. The molecule has 0 aliphatic rings. The van der Waals surface area contributed by atoms with Gasteiger partial charge < -0.3 is 14.6 Å². The molecule has 0 saturated carbocycles. The molecule has 0 spiro atoms. The lowest BCUT2D eigenvalue weighted by Gasteiger charge is -2.12. The van der Waals surface area contributed by atoms with Crippen LogP contribution < -0.4 is 10.0 Å². The van der Waals surface area contributed by atoms with Crippen LogP contribution >= 0.6 is 0 Å². The van der Waals surface area contributed by atoms with Crippen molar-refractivity contribution in [1.82, 2.24) is 14.9 Å². The van der Waals surface area contributed by atoms with Crippen molar-refractivity contribution in [2.45, 2.75) is 25.3 Å². The summed E-state index contributed by atoms with van der Waals surface area (Å²) < 4.78 is 34.3. The molecule has 0 atom stereocenters. The molecule has 1 aromatic heterocycles. The van der Waals surface area contributed by atoms with Crippen molar-refractivity contribution in [2.24, 2.45) is 0 Å². The Balaban J connectivity index is 2.07. The smallest absolute Gasteiger partial charge is 0.325 e. The fourth-order valence-corrected chi connectivity index (χ4v) is 4.20. The first-order valence-electron chi connectivity index (χ1n) is 9.20. The number of methoxy groups -OCH3 is 1. The first kappa shape index (κ1) is 21.3. The number of nitrogens with one attached hydrogen (secondary N) is 2. The molecule has 0 saturated heterocycles. The quantitative estimate of drug-likeness (QED) is 0.554. The molecule has 0 aliphatic carbocycles. The van der Waals surface area contributed by atoms with Crippen molar-refractivity contribution in [3.63, 3.8) is 0 Å². The first-order valence-corrected chi connectivity index (χ1v) is 10.7. The van der Waals surface area contributed by atoms with E-state index in [1.54, 1.807) is 31.2 Å². The Morgan fingerprint density at radius 1 is 1.17 bits per heavy atom. The molecule has 0 radical (unpaired) electrons. The number of rotatable bonds is 7. The number of aromatic nitrogens is 2. The average molecular weight is 430 g/mol. The Morgan fingerprint density at radius 2 is 1.87 bits per heavy atom. The summed E-state index contributed by atoms with van der Waals surface area (Å²) in [5.41, 5.74) is 1.41. The van der Waals surface area contributed by atoms with Gasteiger partial charge in [-0.05, 0) is 38.1 Å². The van der Waals surface area contributed by atoms with Crippen LogP contribution in [0.4, 0.5) is 5.69 Å². The van der Waals surface area contributed by atoms with Gasteiger partial charge in [0.25, 0.3) is 15.9 Å². The summed E-state index contributed by atoms with van der Waals surface area (Å²) in [5, 5.41) is 2.49. The number of ether oxygens (including phenoxy) is 1. The molecule has 2 N–H and O–H groups in total. The van der Waals surface area contributed by atoms with Gasteiger partial charge in [-0.15, -0.1) is 0 Å². The van der Waals surface area contributed by atoms with Gasteiger partial charge in [-0.3, -0.25) is 14.3 Å². The highest BCUT2D eigenvalue weighted by molar-refractivity contribution is 7.92. The highest BCUT2D eigenvalue weighted by Crippen LogP contribution is 2.27. The minimum absolute atomic E-state index is 0.0945. The summed E-state index contributed by atoms with van der Waals surface area (Å²) in [6.45, 7) is 3.97. The normalized spacial score (nSPS) is 11.3. The second kappa shape index (κ2) is 8.54. The van der Waals surface area contributed by atoms with E-state index in [1.165, 1.54) is 25.3 Å². The van der Waals surface area contributed by atoms with E-state index in [1.807, 2.05) is 11.5 Å². The van der Waals surface area contributed by atoms with Crippen molar-refractivity contribution >= 4 is 38.6 Å². The number of imidazole rings is 1. The van der Waals surface area contributed by atoms with E-state index in [0.717, 1.165) is 0 Å². The lowest BCUT2D eigenvalue weighted by Crippen LogP contribution is -2.30. The van der Waals surface area contributed by atoms with Crippen molar-refractivity contribution in [3.05, 3.63) is 53.9 Å². The largest absolute Gasteiger partial charge is 0.468 e. The second-order valence-electron chi connectivity index (χ2n) is 6.47. The Bertz CT molecular complexity index is 1200. The number of esters is 1. The standard InChI is InChI=1S/C20H22N4O5S/c1-4-24-13(2)22-17-11-14(23-30(27,28)15-8-6-5-7-9-15)10-16(19(17)24)20(26)21-12-18(25)29-3/h5-11,23H,4,12H2,1-3H3,(H,21,26). The number of hydrogen-bond donors (Lipinski definition) is 2. The Morgan fingerprint density at radius 3 is 2.50 bits per heavy atom. The maximum Gasteiger partial charge on any atom is 0.325 e. The molecule has 10 heteroatoms. The van der Waals surface area contributed by atoms with Gasteiger partial charge in [0.15, 0.2) is 0 Å². The van der Waals surface area contributed by atoms with Crippen molar-refractivity contribution in [3.8, 4) is 0 Å². The lowest BCUT2D eigenvalue weighted by atomic mass is 10.1. The van der Waals surface area contributed by atoms with Gasteiger partial charge in [-0.2, -0.15) is 0 Å². The Kier molecular flexibility index (Phi) is 6.06. The van der Waals surface area contributed by atoms with E-state index in [4.69, 9.17) is 0 Å². The highest BCUT2D eigenvalue weighted by atomic mass is 32.2. The SMILES string of the molecule is CCn1c(C)nc2cc(NS(=O)(=O)c3ccccc3)cc(C(=O)NCC(=O)OC)c21. The number of carbonyl (C=O) groups excluding carboxylic acids is 2. The summed E-state index contributed by atoms with van der Waals surface area (Å²) in [6, 6.07) is 10.9. The fourth-order valence-electron chi connectivity index (χ4n) is 3.14. The lowest BCUT2D eigenvalue weighted by molar-refractivity contribution is -0.139. The third-order valence-electron chi connectivity index (χ3n) is 4.52. The van der Waals surface area contributed by atoms with Crippen molar-refractivity contribution < 1.29 is 22.7 Å². The van der Waals surface area contributed by atoms with Crippen LogP contribution in [0.25, 0.3) is 11.0 Å². The molecule has 30 heavy (non-hydrogen) atoms. The number of carbonyl (C=O) groups is 2. The van der Waals surface area contributed by atoms with Crippen LogP contribution in [0, 0.1) is 6.92 Å². The van der Waals surface area contributed by atoms with Crippen LogP contribution in [0.5, 0.6) is 0 Å². The van der Waals surface area contributed by atoms with Gasteiger partial charge in [0, 0.05) is 6.54 Å². The molecule has 0 fully saturated rings. The Hall–Kier alpha value is -3.40. The van der Waals surface area contributed by atoms with E-state index < -0.39 is 21.9 Å². The second-order valence-corrected chi connectivity index (χ2v) is 8.15. The van der Waals surface area contributed by atoms with Gasteiger partial charge in [0.05, 0.1) is 34.3 Å². The molecule has 0 bridgehead atoms. The average Bonchev–Trinajstić information content (AvgIpc) is 3.06. The van der Waals surface area contributed by atoms with Crippen molar-refractivity contribution in [2.75, 3.05) is 18.4 Å². The van der Waals surface area contributed by atoms with E-state index >= 15 is 0 Å². The maximum atomic E-state index is 12.8. The van der Waals surface area contributed by atoms with Crippen LogP contribution in [-0.2, 0) is 26.1 Å². The van der Waals surface area contributed by atoms with E-state index in [9.17, 15) is 18.0 Å². The number of sulfonamides is 1. The van der Waals surface area contributed by atoms with Crippen molar-refractivity contribution in [1.29, 1.82) is 0 Å². The molecule has 0 aliphatic heterocycles. The van der Waals surface area contributed by atoms with E-state index in [2.05, 4.69) is 19.8 Å². The third-order valence-corrected chi connectivity index (χ3v) is 5.92. The molecule has 9 nitrogen and oxygen atoms in total. The fraction of sp³-hybridized carbons (Fsp3) is 0.250. The van der Waals surface area contributed by atoms with Gasteiger partial charge in [0.2, 0.25) is 0 Å². The molecular weight excluding hydrogens is 408 g/mol. The molecule has 158 valence electrons. The van der Waals surface area contributed by atoms with Gasteiger partial charge in [-0.25, -0.2) is 13.4 Å². The number of hydrogen-bond acceptors (Lipinski definition) is 6. The molecule has 2 aromatic carbocycles. The van der Waals surface area contributed by atoms with Gasteiger partial charge in [-0.1, -0.05) is 18.2 Å². The van der Waals surface area contributed by atoms with Gasteiger partial charge in [0.1, 0.15) is 12.4 Å². The monoisotopic (exact) mass is 430 g/mol. The number of nitrogens with zero attached hydrogens (tertiary/aromatic N) is 2. The highest BCUT2D eigenvalue weighted by Gasteiger charge is 2.21. The molecule has 3 aromatic rings. The molecule has 0 unspecified atom stereocenters. The zero-order chi connectivity index (χ0) is 21.9.